The van der Waals surface area contributed by atoms with Crippen LogP contribution in [-0.4, -0.2) is 34.3 Å². The molecule has 31 heavy (non-hydrogen) atoms. The minimum absolute atomic E-state index is 0.0151. The van der Waals surface area contributed by atoms with Crippen LogP contribution in [0.15, 0.2) is 66.7 Å². The summed E-state index contributed by atoms with van der Waals surface area (Å²) in [6, 6.07) is 21.1. The minimum atomic E-state index is -0.284. The van der Waals surface area contributed by atoms with Gasteiger partial charge in [-0.3, -0.25) is 4.79 Å². The molecule has 6 nitrogen and oxygen atoms in total. The molecule has 160 valence electrons. The standard InChI is InChI=1S/C25H25NO5/c1-28-19-12-10-17(11-13-19)23-22(16-8-6-5-7-9-16)25(27)26(23)18-14-20(29-2)24(31-4)21(15-18)30-3/h5-15,22-23H,1-4H3/t22-,23-/m1/s1. The minimum Gasteiger partial charge on any atom is -0.497 e. The summed E-state index contributed by atoms with van der Waals surface area (Å²) in [4.78, 5) is 15.2. The summed E-state index contributed by atoms with van der Waals surface area (Å²) in [7, 11) is 6.32. The van der Waals surface area contributed by atoms with Gasteiger partial charge >= 0.3 is 0 Å². The summed E-state index contributed by atoms with van der Waals surface area (Å²) in [5.41, 5.74) is 2.69. The van der Waals surface area contributed by atoms with Gasteiger partial charge in [0, 0.05) is 12.1 Å². The van der Waals surface area contributed by atoms with Crippen molar-refractivity contribution in [3.05, 3.63) is 77.9 Å². The Morgan fingerprint density at radius 3 is 1.84 bits per heavy atom. The highest BCUT2D eigenvalue weighted by Crippen LogP contribution is 2.51. The predicted octanol–water partition coefficient (Wildman–Crippen LogP) is 4.59. The SMILES string of the molecule is COc1ccc([C@@H]2[C@@H](c3ccccc3)C(=O)N2c2cc(OC)c(OC)c(OC)c2)cc1. The number of rotatable bonds is 7. The second kappa shape index (κ2) is 8.60. The molecule has 1 fully saturated rings. The number of anilines is 1. The first-order valence-corrected chi connectivity index (χ1v) is 9.95. The number of nitrogens with zero attached hydrogens (tertiary/aromatic N) is 1. The normalized spacial score (nSPS) is 17.7. The lowest BCUT2D eigenvalue weighted by Gasteiger charge is -2.48. The van der Waals surface area contributed by atoms with E-state index in [4.69, 9.17) is 18.9 Å². The van der Waals surface area contributed by atoms with Crippen LogP contribution < -0.4 is 23.8 Å². The fraction of sp³-hybridized carbons (Fsp3) is 0.240. The molecule has 6 heteroatoms. The molecule has 4 rings (SSSR count). The molecule has 3 aromatic carbocycles. The van der Waals surface area contributed by atoms with E-state index >= 15 is 0 Å². The van der Waals surface area contributed by atoms with Gasteiger partial charge in [-0.15, -0.1) is 0 Å². The quantitative estimate of drug-likeness (QED) is 0.524. The van der Waals surface area contributed by atoms with E-state index in [1.54, 1.807) is 45.5 Å². The third-order valence-electron chi connectivity index (χ3n) is 5.64. The van der Waals surface area contributed by atoms with Crippen LogP contribution in [0.25, 0.3) is 0 Å². The number of amides is 1. The van der Waals surface area contributed by atoms with Gasteiger partial charge in [-0.05, 0) is 23.3 Å². The number of ether oxygens (including phenoxy) is 4. The van der Waals surface area contributed by atoms with Crippen LogP contribution in [0.2, 0.25) is 0 Å². The number of methoxy groups -OCH3 is 4. The summed E-state index contributed by atoms with van der Waals surface area (Å²) in [5.74, 6) is 1.99. The fourth-order valence-electron chi connectivity index (χ4n) is 4.11. The maximum atomic E-state index is 13.4. The molecule has 2 atom stereocenters. The smallest absolute Gasteiger partial charge is 0.237 e. The molecule has 0 spiro atoms. The van der Waals surface area contributed by atoms with E-state index in [9.17, 15) is 4.79 Å². The number of β-lactam (4-membered cyclic amide) rings is 1. The first kappa shape index (κ1) is 20.6. The second-order valence-corrected chi connectivity index (χ2v) is 7.20. The van der Waals surface area contributed by atoms with Crippen molar-refractivity contribution in [2.45, 2.75) is 12.0 Å². The van der Waals surface area contributed by atoms with E-state index in [2.05, 4.69) is 0 Å². The molecule has 1 amide bonds. The number of carbonyl (C=O) groups excluding carboxylic acids is 1. The fourth-order valence-corrected chi connectivity index (χ4v) is 4.11. The number of benzene rings is 3. The number of hydrogen-bond acceptors (Lipinski definition) is 5. The van der Waals surface area contributed by atoms with Gasteiger partial charge in [0.1, 0.15) is 5.75 Å². The van der Waals surface area contributed by atoms with Crippen LogP contribution in [-0.2, 0) is 4.79 Å². The highest BCUT2D eigenvalue weighted by atomic mass is 16.5. The van der Waals surface area contributed by atoms with Crippen molar-refractivity contribution < 1.29 is 23.7 Å². The molecule has 1 aliphatic heterocycles. The van der Waals surface area contributed by atoms with E-state index in [0.717, 1.165) is 16.9 Å². The molecular formula is C25H25NO5. The molecule has 1 aliphatic rings. The Morgan fingerprint density at radius 1 is 0.710 bits per heavy atom. The molecule has 0 aliphatic carbocycles. The molecule has 1 heterocycles. The zero-order valence-electron chi connectivity index (χ0n) is 18.0. The largest absolute Gasteiger partial charge is 0.497 e. The Bertz CT molecular complexity index is 1040. The Labute approximate surface area is 181 Å². The summed E-state index contributed by atoms with van der Waals surface area (Å²) in [6.45, 7) is 0. The van der Waals surface area contributed by atoms with Crippen LogP contribution in [0, 0.1) is 0 Å². The predicted molar refractivity (Wildman–Crippen MR) is 119 cm³/mol. The summed E-state index contributed by atoms with van der Waals surface area (Å²) >= 11 is 0. The van der Waals surface area contributed by atoms with Gasteiger partial charge in [0.2, 0.25) is 11.7 Å². The number of hydrogen-bond donors (Lipinski definition) is 0. The van der Waals surface area contributed by atoms with Gasteiger partial charge in [0.05, 0.1) is 46.1 Å². The molecule has 0 bridgehead atoms. The third kappa shape index (κ3) is 3.54. The van der Waals surface area contributed by atoms with Crippen molar-refractivity contribution in [1.29, 1.82) is 0 Å². The van der Waals surface area contributed by atoms with Crippen LogP contribution >= 0.6 is 0 Å². The van der Waals surface area contributed by atoms with Crippen LogP contribution in [0.4, 0.5) is 5.69 Å². The van der Waals surface area contributed by atoms with E-state index in [1.807, 2.05) is 54.6 Å². The zero-order chi connectivity index (χ0) is 22.0. The summed E-state index contributed by atoms with van der Waals surface area (Å²) < 4.78 is 21.7. The Morgan fingerprint density at radius 2 is 1.32 bits per heavy atom. The zero-order valence-corrected chi connectivity index (χ0v) is 18.0. The van der Waals surface area contributed by atoms with E-state index in [1.165, 1.54) is 0 Å². The number of carbonyl (C=O) groups is 1. The van der Waals surface area contributed by atoms with Crippen molar-refractivity contribution >= 4 is 11.6 Å². The van der Waals surface area contributed by atoms with Crippen molar-refractivity contribution in [3.8, 4) is 23.0 Å². The second-order valence-electron chi connectivity index (χ2n) is 7.20. The van der Waals surface area contributed by atoms with Crippen LogP contribution in [0.3, 0.4) is 0 Å². The van der Waals surface area contributed by atoms with Gasteiger partial charge < -0.3 is 23.8 Å². The van der Waals surface area contributed by atoms with Crippen molar-refractivity contribution in [2.75, 3.05) is 33.3 Å². The van der Waals surface area contributed by atoms with Crippen molar-refractivity contribution in [3.63, 3.8) is 0 Å². The highest BCUT2D eigenvalue weighted by molar-refractivity contribution is 6.07. The van der Waals surface area contributed by atoms with Gasteiger partial charge in [-0.25, -0.2) is 0 Å². The lowest BCUT2D eigenvalue weighted by atomic mass is 9.77. The Balaban J connectivity index is 1.81. The van der Waals surface area contributed by atoms with Gasteiger partial charge in [0.25, 0.3) is 0 Å². The first-order valence-electron chi connectivity index (χ1n) is 9.95. The molecular weight excluding hydrogens is 394 g/mol. The molecule has 0 radical (unpaired) electrons. The van der Waals surface area contributed by atoms with Gasteiger partial charge in [0.15, 0.2) is 11.5 Å². The monoisotopic (exact) mass is 419 g/mol. The highest BCUT2D eigenvalue weighted by Gasteiger charge is 2.50. The molecule has 0 unspecified atom stereocenters. The molecule has 3 aromatic rings. The first-order chi connectivity index (χ1) is 15.1. The lowest BCUT2D eigenvalue weighted by molar-refractivity contribution is -0.126. The third-order valence-corrected chi connectivity index (χ3v) is 5.64. The Kier molecular flexibility index (Phi) is 5.71. The molecule has 1 saturated heterocycles. The maximum absolute atomic E-state index is 13.4. The van der Waals surface area contributed by atoms with Crippen molar-refractivity contribution in [1.82, 2.24) is 0 Å². The molecule has 0 saturated carbocycles. The lowest BCUT2D eigenvalue weighted by Crippen LogP contribution is -2.53. The maximum Gasteiger partial charge on any atom is 0.237 e. The van der Waals surface area contributed by atoms with Crippen molar-refractivity contribution in [2.24, 2.45) is 0 Å². The van der Waals surface area contributed by atoms with Gasteiger partial charge in [-0.2, -0.15) is 0 Å². The molecule has 0 aromatic heterocycles. The van der Waals surface area contributed by atoms with E-state index in [0.29, 0.717) is 22.9 Å². The van der Waals surface area contributed by atoms with Crippen LogP contribution in [0.5, 0.6) is 23.0 Å². The average Bonchev–Trinajstić information content (AvgIpc) is 2.82. The van der Waals surface area contributed by atoms with E-state index in [-0.39, 0.29) is 17.9 Å². The Hall–Kier alpha value is -3.67. The molecule has 0 N–H and O–H groups in total. The summed E-state index contributed by atoms with van der Waals surface area (Å²) in [6.07, 6.45) is 0. The van der Waals surface area contributed by atoms with Crippen LogP contribution in [0.1, 0.15) is 23.1 Å². The van der Waals surface area contributed by atoms with E-state index < -0.39 is 0 Å². The topological polar surface area (TPSA) is 57.2 Å². The average molecular weight is 419 g/mol. The summed E-state index contributed by atoms with van der Waals surface area (Å²) in [5, 5.41) is 0. The van der Waals surface area contributed by atoms with Gasteiger partial charge in [-0.1, -0.05) is 42.5 Å².